The number of aromatic nitrogens is 1. The van der Waals surface area contributed by atoms with Crippen molar-refractivity contribution in [1.82, 2.24) is 9.88 Å². The van der Waals surface area contributed by atoms with E-state index in [4.69, 9.17) is 4.74 Å². The molecule has 0 saturated heterocycles. The number of rotatable bonds is 2. The number of hydrogen-bond acceptors (Lipinski definition) is 3. The van der Waals surface area contributed by atoms with E-state index in [1.807, 2.05) is 24.3 Å². The summed E-state index contributed by atoms with van der Waals surface area (Å²) in [7, 11) is 1.63. The number of para-hydroxylation sites is 1. The van der Waals surface area contributed by atoms with Gasteiger partial charge in [0.05, 0.1) is 18.7 Å². The Morgan fingerprint density at radius 3 is 2.83 bits per heavy atom. The maximum absolute atomic E-state index is 10.4. The predicted molar refractivity (Wildman–Crippen MR) is 89.1 cm³/mol. The minimum atomic E-state index is -0.145. The van der Waals surface area contributed by atoms with Crippen molar-refractivity contribution in [3.8, 4) is 17.2 Å². The van der Waals surface area contributed by atoms with Crippen LogP contribution in [0.1, 0.15) is 22.9 Å². The van der Waals surface area contributed by atoms with Crippen molar-refractivity contribution in [2.75, 3.05) is 7.11 Å². The summed E-state index contributed by atoms with van der Waals surface area (Å²) >= 11 is 0. The SMILES string of the molecule is COc1cccc(O)c1[C@H]1NCc2ccccc2-n2cccc21. The fourth-order valence-corrected chi connectivity index (χ4v) is 3.31. The van der Waals surface area contributed by atoms with Crippen molar-refractivity contribution in [3.05, 3.63) is 77.6 Å². The van der Waals surface area contributed by atoms with E-state index in [1.54, 1.807) is 19.2 Å². The molecule has 0 saturated carbocycles. The highest BCUT2D eigenvalue weighted by atomic mass is 16.5. The van der Waals surface area contributed by atoms with Gasteiger partial charge in [-0.25, -0.2) is 0 Å². The Hall–Kier alpha value is -2.72. The van der Waals surface area contributed by atoms with E-state index in [9.17, 15) is 5.11 Å². The second kappa shape index (κ2) is 5.48. The lowest BCUT2D eigenvalue weighted by atomic mass is 10.0. The molecule has 0 unspecified atom stereocenters. The van der Waals surface area contributed by atoms with Gasteiger partial charge in [-0.1, -0.05) is 24.3 Å². The molecule has 1 atom stereocenters. The first-order chi connectivity index (χ1) is 11.3. The zero-order chi connectivity index (χ0) is 15.8. The van der Waals surface area contributed by atoms with Gasteiger partial charge in [0.25, 0.3) is 0 Å². The average Bonchev–Trinajstić information content (AvgIpc) is 3.00. The van der Waals surface area contributed by atoms with Crippen molar-refractivity contribution < 1.29 is 9.84 Å². The lowest BCUT2D eigenvalue weighted by molar-refractivity contribution is 0.390. The van der Waals surface area contributed by atoms with Crippen molar-refractivity contribution in [2.24, 2.45) is 0 Å². The molecule has 0 spiro atoms. The molecule has 1 aromatic heterocycles. The fraction of sp³-hybridized carbons (Fsp3) is 0.158. The molecule has 0 fully saturated rings. The van der Waals surface area contributed by atoms with Gasteiger partial charge in [0.2, 0.25) is 0 Å². The van der Waals surface area contributed by atoms with Gasteiger partial charge in [-0.2, -0.15) is 0 Å². The van der Waals surface area contributed by atoms with Gasteiger partial charge in [0.1, 0.15) is 11.5 Å². The number of hydrogen-bond donors (Lipinski definition) is 2. The van der Waals surface area contributed by atoms with Gasteiger partial charge in [-0.3, -0.25) is 0 Å². The molecule has 116 valence electrons. The quantitative estimate of drug-likeness (QED) is 0.763. The van der Waals surface area contributed by atoms with Crippen LogP contribution in [0.15, 0.2) is 60.8 Å². The monoisotopic (exact) mass is 306 g/mol. The Morgan fingerprint density at radius 2 is 1.96 bits per heavy atom. The van der Waals surface area contributed by atoms with Crippen LogP contribution in [0.3, 0.4) is 0 Å². The Morgan fingerprint density at radius 1 is 1.09 bits per heavy atom. The molecule has 3 aromatic rings. The van der Waals surface area contributed by atoms with Crippen molar-refractivity contribution in [1.29, 1.82) is 0 Å². The molecule has 4 nitrogen and oxygen atoms in total. The normalized spacial score (nSPS) is 16.3. The molecular formula is C19H18N2O2. The molecule has 0 aliphatic carbocycles. The summed E-state index contributed by atoms with van der Waals surface area (Å²) in [6.45, 7) is 0.722. The molecule has 2 N–H and O–H groups in total. The second-order valence-corrected chi connectivity index (χ2v) is 5.64. The number of phenolic OH excluding ortho intramolecular Hbond substituents is 1. The first-order valence-corrected chi connectivity index (χ1v) is 7.64. The fourth-order valence-electron chi connectivity index (χ4n) is 3.31. The summed E-state index contributed by atoms with van der Waals surface area (Å²) in [4.78, 5) is 0. The Balaban J connectivity index is 1.91. The number of fused-ring (bicyclic) bond motifs is 3. The van der Waals surface area contributed by atoms with Gasteiger partial charge in [-0.05, 0) is 35.9 Å². The highest BCUT2D eigenvalue weighted by molar-refractivity contribution is 5.52. The summed E-state index contributed by atoms with van der Waals surface area (Å²) in [6.07, 6.45) is 2.06. The van der Waals surface area contributed by atoms with E-state index in [1.165, 1.54) is 5.56 Å². The third-order valence-corrected chi connectivity index (χ3v) is 4.38. The summed E-state index contributed by atoms with van der Waals surface area (Å²) in [5.41, 5.74) is 4.23. The van der Waals surface area contributed by atoms with Gasteiger partial charge in [-0.15, -0.1) is 0 Å². The van der Waals surface area contributed by atoms with Crippen LogP contribution in [-0.2, 0) is 6.54 Å². The lowest BCUT2D eigenvalue weighted by Crippen LogP contribution is -2.22. The van der Waals surface area contributed by atoms with Crippen molar-refractivity contribution >= 4 is 0 Å². The van der Waals surface area contributed by atoms with E-state index in [0.717, 1.165) is 23.5 Å². The number of phenols is 1. The van der Waals surface area contributed by atoms with Crippen LogP contribution in [0.5, 0.6) is 11.5 Å². The Kier molecular flexibility index (Phi) is 3.32. The number of ether oxygens (including phenoxy) is 1. The molecule has 4 rings (SSSR count). The molecule has 0 radical (unpaired) electrons. The maximum atomic E-state index is 10.4. The third-order valence-electron chi connectivity index (χ3n) is 4.38. The topological polar surface area (TPSA) is 46.4 Å². The van der Waals surface area contributed by atoms with E-state index in [0.29, 0.717) is 5.75 Å². The first kappa shape index (κ1) is 13.9. The highest BCUT2D eigenvalue weighted by Crippen LogP contribution is 2.39. The van der Waals surface area contributed by atoms with Gasteiger partial charge in [0.15, 0.2) is 0 Å². The minimum absolute atomic E-state index is 0.145. The molecule has 1 aliphatic heterocycles. The van der Waals surface area contributed by atoms with E-state index >= 15 is 0 Å². The minimum Gasteiger partial charge on any atom is -0.507 e. The van der Waals surface area contributed by atoms with Gasteiger partial charge in [0, 0.05) is 24.1 Å². The zero-order valence-electron chi connectivity index (χ0n) is 12.9. The van der Waals surface area contributed by atoms with Crippen molar-refractivity contribution in [2.45, 2.75) is 12.6 Å². The second-order valence-electron chi connectivity index (χ2n) is 5.64. The van der Waals surface area contributed by atoms with Crippen molar-refractivity contribution in [3.63, 3.8) is 0 Å². The van der Waals surface area contributed by atoms with Gasteiger partial charge < -0.3 is 19.7 Å². The lowest BCUT2D eigenvalue weighted by Gasteiger charge is -2.21. The number of benzene rings is 2. The molecule has 0 amide bonds. The standard InChI is InChI=1S/C19H18N2O2/c1-23-17-10-4-9-16(22)18(17)19-15-8-5-11-21(15)14-7-3-2-6-13(14)12-20-19/h2-11,19-20,22H,12H2,1H3/t19-/m0/s1. The van der Waals surface area contributed by atoms with Crippen LogP contribution < -0.4 is 10.1 Å². The summed E-state index contributed by atoms with van der Waals surface area (Å²) in [5.74, 6) is 0.918. The summed E-state index contributed by atoms with van der Waals surface area (Å²) in [5, 5.41) is 14.0. The van der Waals surface area contributed by atoms with Crippen LogP contribution in [0, 0.1) is 0 Å². The number of nitrogens with zero attached hydrogens (tertiary/aromatic N) is 1. The molecular weight excluding hydrogens is 288 g/mol. The van der Waals surface area contributed by atoms with E-state index < -0.39 is 0 Å². The zero-order valence-corrected chi connectivity index (χ0v) is 12.9. The summed E-state index contributed by atoms with van der Waals surface area (Å²) in [6, 6.07) is 17.7. The van der Waals surface area contributed by atoms with Crippen LogP contribution in [0.2, 0.25) is 0 Å². The maximum Gasteiger partial charge on any atom is 0.127 e. The van der Waals surface area contributed by atoms with Crippen LogP contribution in [0.4, 0.5) is 0 Å². The molecule has 2 aromatic carbocycles. The largest absolute Gasteiger partial charge is 0.507 e. The number of aromatic hydroxyl groups is 1. The van der Waals surface area contributed by atoms with Crippen LogP contribution in [-0.4, -0.2) is 16.8 Å². The first-order valence-electron chi connectivity index (χ1n) is 7.64. The number of methoxy groups -OCH3 is 1. The van der Waals surface area contributed by atoms with E-state index in [2.05, 4.69) is 34.3 Å². The third kappa shape index (κ3) is 2.19. The van der Waals surface area contributed by atoms with Gasteiger partial charge >= 0.3 is 0 Å². The van der Waals surface area contributed by atoms with E-state index in [-0.39, 0.29) is 11.8 Å². The highest BCUT2D eigenvalue weighted by Gasteiger charge is 2.27. The molecule has 0 bridgehead atoms. The van der Waals surface area contributed by atoms with Crippen LogP contribution >= 0.6 is 0 Å². The Bertz CT molecular complexity index is 854. The molecule has 1 aliphatic rings. The molecule has 2 heterocycles. The molecule has 23 heavy (non-hydrogen) atoms. The molecule has 4 heteroatoms. The summed E-state index contributed by atoms with van der Waals surface area (Å²) < 4.78 is 7.65. The van der Waals surface area contributed by atoms with Crippen LogP contribution in [0.25, 0.3) is 5.69 Å². The Labute approximate surface area is 135 Å². The number of nitrogens with one attached hydrogen (secondary N) is 1. The average molecular weight is 306 g/mol. The smallest absolute Gasteiger partial charge is 0.127 e. The predicted octanol–water partition coefficient (Wildman–Crippen LogP) is 3.38.